The number of aryl methyl sites for hydroxylation is 2. The lowest BCUT2D eigenvalue weighted by Crippen LogP contribution is -2.19. The number of hydrazone groups is 1. The Hall–Kier alpha value is -3.68. The van der Waals surface area contributed by atoms with Gasteiger partial charge in [0.25, 0.3) is 11.8 Å². The molecule has 0 bridgehead atoms. The normalized spacial score (nSPS) is 11.3. The van der Waals surface area contributed by atoms with Gasteiger partial charge >= 0.3 is 0 Å². The summed E-state index contributed by atoms with van der Waals surface area (Å²) >= 11 is 0. The number of nitrogens with zero attached hydrogens (tertiary/aromatic N) is 3. The van der Waals surface area contributed by atoms with E-state index in [1.807, 2.05) is 6.07 Å². The van der Waals surface area contributed by atoms with Crippen LogP contribution in [0.25, 0.3) is 0 Å². The molecule has 0 aliphatic rings. The second kappa shape index (κ2) is 7.69. The van der Waals surface area contributed by atoms with Gasteiger partial charge in [-0.1, -0.05) is 12.1 Å². The van der Waals surface area contributed by atoms with Crippen LogP contribution in [0.2, 0.25) is 0 Å². The van der Waals surface area contributed by atoms with Crippen molar-refractivity contribution in [3.8, 4) is 0 Å². The molecule has 0 saturated carbocycles. The van der Waals surface area contributed by atoms with Crippen molar-refractivity contribution in [2.45, 2.75) is 13.8 Å². The molecule has 2 amide bonds. The predicted octanol–water partition coefficient (Wildman–Crippen LogP) is 2.73. The molecule has 0 fully saturated rings. The molecule has 0 aliphatic carbocycles. The highest BCUT2D eigenvalue weighted by atomic mass is 16.3. The Morgan fingerprint density at radius 2 is 2.00 bits per heavy atom. The zero-order valence-corrected chi connectivity index (χ0v) is 15.2. The van der Waals surface area contributed by atoms with E-state index in [-0.39, 0.29) is 11.8 Å². The zero-order valence-electron chi connectivity index (χ0n) is 15.2. The number of rotatable bonds is 5. The van der Waals surface area contributed by atoms with Crippen LogP contribution in [0.4, 0.5) is 5.69 Å². The Balaban J connectivity index is 1.71. The van der Waals surface area contributed by atoms with Crippen molar-refractivity contribution in [3.63, 3.8) is 0 Å². The monoisotopic (exact) mass is 365 g/mol. The Bertz CT molecular complexity index is 1020. The maximum absolute atomic E-state index is 12.3. The highest BCUT2D eigenvalue weighted by Crippen LogP contribution is 2.13. The number of furan rings is 1. The third-order valence-corrected chi connectivity index (χ3v) is 4.02. The van der Waals surface area contributed by atoms with E-state index in [0.29, 0.717) is 28.4 Å². The van der Waals surface area contributed by atoms with E-state index in [0.717, 1.165) is 5.56 Å². The summed E-state index contributed by atoms with van der Waals surface area (Å²) in [7, 11) is 1.70. The number of nitrogens with one attached hydrogen (secondary N) is 2. The Labute approximate surface area is 155 Å². The molecule has 27 heavy (non-hydrogen) atoms. The molecule has 138 valence electrons. The van der Waals surface area contributed by atoms with Crippen molar-refractivity contribution in [3.05, 3.63) is 71.4 Å². The van der Waals surface area contributed by atoms with E-state index in [4.69, 9.17) is 4.42 Å². The average molecular weight is 365 g/mol. The van der Waals surface area contributed by atoms with Crippen LogP contribution in [-0.2, 0) is 7.05 Å². The maximum atomic E-state index is 12.3. The van der Waals surface area contributed by atoms with Crippen molar-refractivity contribution in [1.82, 2.24) is 15.2 Å². The Morgan fingerprint density at radius 1 is 1.19 bits per heavy atom. The summed E-state index contributed by atoms with van der Waals surface area (Å²) in [5.74, 6) is -0.0769. The first-order chi connectivity index (χ1) is 13.0. The molecule has 0 unspecified atom stereocenters. The number of anilines is 1. The van der Waals surface area contributed by atoms with Gasteiger partial charge in [0.1, 0.15) is 11.5 Å². The first kappa shape index (κ1) is 18.1. The van der Waals surface area contributed by atoms with Crippen LogP contribution >= 0.6 is 0 Å². The molecule has 3 rings (SSSR count). The molecule has 0 spiro atoms. The number of carbonyl (C=O) groups is 2. The van der Waals surface area contributed by atoms with Crippen LogP contribution in [-0.4, -0.2) is 27.3 Å². The van der Waals surface area contributed by atoms with E-state index < -0.39 is 0 Å². The van der Waals surface area contributed by atoms with Gasteiger partial charge in [-0.25, -0.2) is 5.43 Å². The summed E-state index contributed by atoms with van der Waals surface area (Å²) in [6.07, 6.45) is 3.02. The second-order valence-electron chi connectivity index (χ2n) is 5.90. The minimum atomic E-state index is -0.346. The van der Waals surface area contributed by atoms with Crippen LogP contribution in [0, 0.1) is 6.92 Å². The van der Waals surface area contributed by atoms with Crippen molar-refractivity contribution in [2.24, 2.45) is 12.1 Å². The molecule has 0 radical (unpaired) electrons. The molecule has 8 nitrogen and oxygen atoms in total. The number of hydrogen-bond donors (Lipinski definition) is 2. The van der Waals surface area contributed by atoms with E-state index in [1.54, 1.807) is 57.4 Å². The van der Waals surface area contributed by atoms with E-state index in [2.05, 4.69) is 20.9 Å². The van der Waals surface area contributed by atoms with Crippen molar-refractivity contribution in [1.29, 1.82) is 0 Å². The van der Waals surface area contributed by atoms with Gasteiger partial charge in [0, 0.05) is 18.9 Å². The Morgan fingerprint density at radius 3 is 2.67 bits per heavy atom. The summed E-state index contributed by atoms with van der Waals surface area (Å²) in [5, 5.41) is 10.9. The van der Waals surface area contributed by atoms with Gasteiger partial charge in [-0.05, 0) is 43.7 Å². The Kier molecular flexibility index (Phi) is 5.16. The van der Waals surface area contributed by atoms with Crippen LogP contribution in [0.5, 0.6) is 0 Å². The largest absolute Gasteiger partial charge is 0.469 e. The maximum Gasteiger partial charge on any atom is 0.274 e. The van der Waals surface area contributed by atoms with Crippen molar-refractivity contribution >= 4 is 23.2 Å². The molecule has 2 heterocycles. The lowest BCUT2D eigenvalue weighted by atomic mass is 10.1. The van der Waals surface area contributed by atoms with Gasteiger partial charge in [-0.3, -0.25) is 14.3 Å². The fourth-order valence-corrected chi connectivity index (χ4v) is 2.49. The fraction of sp³-hybridized carbons (Fsp3) is 0.158. The van der Waals surface area contributed by atoms with Gasteiger partial charge in [-0.2, -0.15) is 10.2 Å². The van der Waals surface area contributed by atoms with Crippen LogP contribution < -0.4 is 10.7 Å². The van der Waals surface area contributed by atoms with Gasteiger partial charge in [-0.15, -0.1) is 0 Å². The first-order valence-electron chi connectivity index (χ1n) is 8.24. The third kappa shape index (κ3) is 4.12. The summed E-state index contributed by atoms with van der Waals surface area (Å²) in [4.78, 5) is 24.4. The highest BCUT2D eigenvalue weighted by molar-refractivity contribution is 6.05. The molecule has 3 aromatic rings. The standard InChI is InChI=1S/C19H19N5O3/c1-12(22-23-18(25)16-8-10-27-13(16)2)14-5-4-6-15(11-14)21-19(26)17-7-9-20-24(17)3/h4-11H,1-3H3,(H,21,26)(H,23,25)/b22-12+. The summed E-state index contributed by atoms with van der Waals surface area (Å²) in [6.45, 7) is 3.48. The van der Waals surface area contributed by atoms with E-state index in [9.17, 15) is 9.59 Å². The molecule has 0 saturated heterocycles. The minimum Gasteiger partial charge on any atom is -0.469 e. The van der Waals surface area contributed by atoms with Crippen LogP contribution in [0.3, 0.4) is 0 Å². The number of aromatic nitrogens is 2. The van der Waals surface area contributed by atoms with Gasteiger partial charge < -0.3 is 9.73 Å². The molecule has 1 aromatic carbocycles. The van der Waals surface area contributed by atoms with Gasteiger partial charge in [0.15, 0.2) is 0 Å². The minimum absolute atomic E-state index is 0.259. The number of carbonyl (C=O) groups excluding carboxylic acids is 2. The predicted molar refractivity (Wildman–Crippen MR) is 101 cm³/mol. The molecule has 8 heteroatoms. The van der Waals surface area contributed by atoms with E-state index in [1.165, 1.54) is 10.9 Å². The molecule has 0 atom stereocenters. The topological polar surface area (TPSA) is 102 Å². The quantitative estimate of drug-likeness (QED) is 0.536. The van der Waals surface area contributed by atoms with Gasteiger partial charge in [0.05, 0.1) is 17.5 Å². The fourth-order valence-electron chi connectivity index (χ4n) is 2.49. The number of hydrogen-bond acceptors (Lipinski definition) is 5. The highest BCUT2D eigenvalue weighted by Gasteiger charge is 2.12. The van der Waals surface area contributed by atoms with Crippen LogP contribution in [0.15, 0.2) is 58.4 Å². The van der Waals surface area contributed by atoms with Crippen molar-refractivity contribution < 1.29 is 14.0 Å². The smallest absolute Gasteiger partial charge is 0.274 e. The summed E-state index contributed by atoms with van der Waals surface area (Å²) in [6, 6.07) is 10.4. The lowest BCUT2D eigenvalue weighted by molar-refractivity contribution is 0.0952. The van der Waals surface area contributed by atoms with Crippen LogP contribution in [0.1, 0.15) is 39.1 Å². The third-order valence-electron chi connectivity index (χ3n) is 4.02. The number of benzene rings is 1. The van der Waals surface area contributed by atoms with Crippen molar-refractivity contribution in [2.75, 3.05) is 5.32 Å². The lowest BCUT2D eigenvalue weighted by Gasteiger charge is -2.08. The average Bonchev–Trinajstić information content (AvgIpc) is 3.27. The molecular formula is C19H19N5O3. The molecule has 0 aliphatic heterocycles. The summed E-state index contributed by atoms with van der Waals surface area (Å²) < 4.78 is 6.61. The molecular weight excluding hydrogens is 346 g/mol. The number of amides is 2. The van der Waals surface area contributed by atoms with Gasteiger partial charge in [0.2, 0.25) is 0 Å². The summed E-state index contributed by atoms with van der Waals surface area (Å²) in [5.41, 5.74) is 5.37. The van der Waals surface area contributed by atoms with E-state index >= 15 is 0 Å². The molecule has 2 N–H and O–H groups in total. The zero-order chi connectivity index (χ0) is 19.4. The SMILES string of the molecule is C/C(=N\NC(=O)c1ccoc1C)c1cccc(NC(=O)c2ccnn2C)c1. The first-order valence-corrected chi connectivity index (χ1v) is 8.24. The second-order valence-corrected chi connectivity index (χ2v) is 5.90. The molecule has 2 aromatic heterocycles.